The summed E-state index contributed by atoms with van der Waals surface area (Å²) in [5.74, 6) is 0.0528. The molecule has 0 aromatic rings. The predicted octanol–water partition coefficient (Wildman–Crippen LogP) is 3.08. The monoisotopic (exact) mass is 216 g/mol. The van der Waals surface area contributed by atoms with Gasteiger partial charge in [-0.05, 0) is 31.6 Å². The van der Waals surface area contributed by atoms with Crippen LogP contribution in [0.1, 0.15) is 52.4 Å². The standard InChI is InChI=1S/C12H24O3/c1-11(2)7-6-10-15-9-5-3-4-8-12(13)14/h11H,3-10H2,1-2H3,(H,13,14). The van der Waals surface area contributed by atoms with Crippen molar-refractivity contribution in [2.45, 2.75) is 52.4 Å². The highest BCUT2D eigenvalue weighted by atomic mass is 16.5. The molecule has 3 nitrogen and oxygen atoms in total. The van der Waals surface area contributed by atoms with Crippen LogP contribution in [0.3, 0.4) is 0 Å². The zero-order valence-electron chi connectivity index (χ0n) is 10.00. The number of carbonyl (C=O) groups is 1. The first kappa shape index (κ1) is 14.4. The molecule has 0 saturated heterocycles. The summed E-state index contributed by atoms with van der Waals surface area (Å²) in [6.07, 6.45) is 5.34. The molecule has 0 aromatic carbocycles. The van der Waals surface area contributed by atoms with E-state index < -0.39 is 5.97 Å². The molecule has 0 rings (SSSR count). The first-order valence-electron chi connectivity index (χ1n) is 5.92. The third-order valence-corrected chi connectivity index (χ3v) is 2.25. The number of rotatable bonds is 10. The first-order chi connectivity index (χ1) is 7.13. The van der Waals surface area contributed by atoms with Crippen LogP contribution in [-0.2, 0) is 9.53 Å². The molecule has 0 atom stereocenters. The molecular formula is C12H24O3. The quantitative estimate of drug-likeness (QED) is 0.571. The maximum Gasteiger partial charge on any atom is 0.303 e. The molecule has 0 aromatic heterocycles. The third kappa shape index (κ3) is 13.4. The van der Waals surface area contributed by atoms with Crippen molar-refractivity contribution in [2.75, 3.05) is 13.2 Å². The number of carboxylic acids is 1. The van der Waals surface area contributed by atoms with Gasteiger partial charge in [0.15, 0.2) is 0 Å². The Morgan fingerprint density at radius 2 is 1.80 bits per heavy atom. The van der Waals surface area contributed by atoms with Crippen LogP contribution in [0.25, 0.3) is 0 Å². The summed E-state index contributed by atoms with van der Waals surface area (Å²) in [5.41, 5.74) is 0. The van der Waals surface area contributed by atoms with Crippen LogP contribution in [0.15, 0.2) is 0 Å². The van der Waals surface area contributed by atoms with E-state index in [-0.39, 0.29) is 6.42 Å². The summed E-state index contributed by atoms with van der Waals surface area (Å²) in [6, 6.07) is 0. The first-order valence-corrected chi connectivity index (χ1v) is 5.92. The minimum Gasteiger partial charge on any atom is -0.481 e. The molecule has 15 heavy (non-hydrogen) atoms. The van der Waals surface area contributed by atoms with E-state index in [1.165, 1.54) is 6.42 Å². The second-order valence-corrected chi connectivity index (χ2v) is 4.35. The van der Waals surface area contributed by atoms with Gasteiger partial charge in [-0.1, -0.05) is 20.3 Å². The Labute approximate surface area is 92.8 Å². The number of unbranched alkanes of at least 4 members (excludes halogenated alkanes) is 2. The molecule has 3 heteroatoms. The summed E-state index contributed by atoms with van der Waals surface area (Å²) in [5, 5.41) is 8.41. The van der Waals surface area contributed by atoms with Crippen molar-refractivity contribution in [3.8, 4) is 0 Å². The summed E-state index contributed by atoms with van der Waals surface area (Å²) in [4.78, 5) is 10.2. The Morgan fingerprint density at radius 1 is 1.13 bits per heavy atom. The molecule has 0 bridgehead atoms. The van der Waals surface area contributed by atoms with E-state index in [9.17, 15) is 4.79 Å². The fraction of sp³-hybridized carbons (Fsp3) is 0.917. The van der Waals surface area contributed by atoms with Crippen LogP contribution in [0.2, 0.25) is 0 Å². The lowest BCUT2D eigenvalue weighted by atomic mass is 10.1. The van der Waals surface area contributed by atoms with Crippen molar-refractivity contribution in [1.82, 2.24) is 0 Å². The average Bonchev–Trinajstić information content (AvgIpc) is 2.14. The molecule has 0 amide bonds. The topological polar surface area (TPSA) is 46.5 Å². The highest BCUT2D eigenvalue weighted by molar-refractivity contribution is 5.66. The Morgan fingerprint density at radius 3 is 2.40 bits per heavy atom. The number of aliphatic carboxylic acids is 1. The Kier molecular flexibility index (Phi) is 9.59. The van der Waals surface area contributed by atoms with Crippen molar-refractivity contribution >= 4 is 5.97 Å². The molecule has 90 valence electrons. The van der Waals surface area contributed by atoms with Gasteiger partial charge in [-0.15, -0.1) is 0 Å². The number of hydrogen-bond donors (Lipinski definition) is 1. The molecule has 0 radical (unpaired) electrons. The SMILES string of the molecule is CC(C)CCCOCCCCCC(=O)O. The summed E-state index contributed by atoms with van der Waals surface area (Å²) in [6.45, 7) is 6.05. The maximum atomic E-state index is 10.2. The fourth-order valence-corrected chi connectivity index (χ4v) is 1.35. The average molecular weight is 216 g/mol. The smallest absolute Gasteiger partial charge is 0.303 e. The van der Waals surface area contributed by atoms with Gasteiger partial charge in [0.25, 0.3) is 0 Å². The lowest BCUT2D eigenvalue weighted by molar-refractivity contribution is -0.137. The maximum absolute atomic E-state index is 10.2. The highest BCUT2D eigenvalue weighted by Crippen LogP contribution is 2.04. The van der Waals surface area contributed by atoms with E-state index in [1.54, 1.807) is 0 Å². The molecule has 0 fully saturated rings. The van der Waals surface area contributed by atoms with Gasteiger partial charge in [-0.2, -0.15) is 0 Å². The predicted molar refractivity (Wildman–Crippen MR) is 61.0 cm³/mol. The third-order valence-electron chi connectivity index (χ3n) is 2.25. The number of hydrogen-bond acceptors (Lipinski definition) is 2. The van der Waals surface area contributed by atoms with Gasteiger partial charge < -0.3 is 9.84 Å². The van der Waals surface area contributed by atoms with Gasteiger partial charge in [0.1, 0.15) is 0 Å². The van der Waals surface area contributed by atoms with E-state index in [0.717, 1.165) is 44.8 Å². The zero-order valence-corrected chi connectivity index (χ0v) is 10.00. The molecule has 0 aliphatic heterocycles. The van der Waals surface area contributed by atoms with Crippen molar-refractivity contribution in [3.05, 3.63) is 0 Å². The van der Waals surface area contributed by atoms with Gasteiger partial charge >= 0.3 is 5.97 Å². The summed E-state index contributed by atoms with van der Waals surface area (Å²) >= 11 is 0. The fourth-order valence-electron chi connectivity index (χ4n) is 1.35. The molecule has 0 saturated carbocycles. The van der Waals surface area contributed by atoms with E-state index in [4.69, 9.17) is 9.84 Å². The molecular weight excluding hydrogens is 192 g/mol. The lowest BCUT2D eigenvalue weighted by Crippen LogP contribution is -2.00. The normalized spacial score (nSPS) is 10.9. The highest BCUT2D eigenvalue weighted by Gasteiger charge is 1.97. The molecule has 0 unspecified atom stereocenters. The van der Waals surface area contributed by atoms with Gasteiger partial charge in [-0.3, -0.25) is 4.79 Å². The van der Waals surface area contributed by atoms with Crippen molar-refractivity contribution in [2.24, 2.45) is 5.92 Å². The van der Waals surface area contributed by atoms with E-state index in [2.05, 4.69) is 13.8 Å². The van der Waals surface area contributed by atoms with Gasteiger partial charge in [0, 0.05) is 19.6 Å². The molecule has 1 N–H and O–H groups in total. The molecule has 0 aliphatic rings. The van der Waals surface area contributed by atoms with Gasteiger partial charge in [-0.25, -0.2) is 0 Å². The zero-order chi connectivity index (χ0) is 11.5. The van der Waals surface area contributed by atoms with E-state index >= 15 is 0 Å². The Balaban J connectivity index is 2.96. The second-order valence-electron chi connectivity index (χ2n) is 4.35. The van der Waals surface area contributed by atoms with Gasteiger partial charge in [0.05, 0.1) is 0 Å². The second kappa shape index (κ2) is 9.97. The Hall–Kier alpha value is -0.570. The van der Waals surface area contributed by atoms with E-state index in [0.29, 0.717) is 0 Å². The van der Waals surface area contributed by atoms with Crippen molar-refractivity contribution in [3.63, 3.8) is 0 Å². The number of carboxylic acid groups (broad SMARTS) is 1. The van der Waals surface area contributed by atoms with Crippen LogP contribution < -0.4 is 0 Å². The van der Waals surface area contributed by atoms with Crippen LogP contribution in [0, 0.1) is 5.92 Å². The summed E-state index contributed by atoms with van der Waals surface area (Å²) < 4.78 is 5.44. The van der Waals surface area contributed by atoms with Crippen LogP contribution in [0.5, 0.6) is 0 Å². The Bertz CT molecular complexity index is 155. The minimum absolute atomic E-state index is 0.285. The largest absolute Gasteiger partial charge is 0.481 e. The van der Waals surface area contributed by atoms with Crippen molar-refractivity contribution < 1.29 is 14.6 Å². The van der Waals surface area contributed by atoms with Crippen molar-refractivity contribution in [1.29, 1.82) is 0 Å². The minimum atomic E-state index is -0.701. The van der Waals surface area contributed by atoms with Crippen LogP contribution >= 0.6 is 0 Å². The van der Waals surface area contributed by atoms with Gasteiger partial charge in [0.2, 0.25) is 0 Å². The molecule has 0 aliphatic carbocycles. The van der Waals surface area contributed by atoms with Crippen LogP contribution in [-0.4, -0.2) is 24.3 Å². The van der Waals surface area contributed by atoms with Crippen LogP contribution in [0.4, 0.5) is 0 Å². The molecule has 0 heterocycles. The summed E-state index contributed by atoms with van der Waals surface area (Å²) in [7, 11) is 0. The lowest BCUT2D eigenvalue weighted by Gasteiger charge is -2.05. The number of ether oxygens (including phenoxy) is 1. The van der Waals surface area contributed by atoms with E-state index in [1.807, 2.05) is 0 Å². The molecule has 0 spiro atoms.